The average Bonchev–Trinajstić information content (AvgIpc) is 3.13. The molecule has 2 aliphatic rings. The molecule has 0 saturated carbocycles. The van der Waals surface area contributed by atoms with Gasteiger partial charge in [-0.05, 0) is 71.8 Å². The fraction of sp³-hybridized carbons (Fsp3) is 0.240. The lowest BCUT2D eigenvalue weighted by Crippen LogP contribution is -2.30. The number of carboxylic acids is 1. The van der Waals surface area contributed by atoms with Crippen LogP contribution < -0.4 is 10.1 Å². The quantitative estimate of drug-likeness (QED) is 0.644. The SMILES string of the molecule is CCOc1ccc([C@@H]2Nc3ccc(C(=O)O)cc3[C@@H]3c4ccccc4C[C@@H]32)cc1. The monoisotopic (exact) mass is 385 g/mol. The fourth-order valence-electron chi connectivity index (χ4n) is 4.96. The van der Waals surface area contributed by atoms with Crippen molar-refractivity contribution in [1.29, 1.82) is 0 Å². The lowest BCUT2D eigenvalue weighted by molar-refractivity contribution is 0.0696. The van der Waals surface area contributed by atoms with Gasteiger partial charge >= 0.3 is 5.97 Å². The summed E-state index contributed by atoms with van der Waals surface area (Å²) < 4.78 is 5.60. The predicted molar refractivity (Wildman–Crippen MR) is 113 cm³/mol. The van der Waals surface area contributed by atoms with E-state index in [4.69, 9.17) is 4.74 Å². The van der Waals surface area contributed by atoms with E-state index in [0.29, 0.717) is 18.1 Å². The van der Waals surface area contributed by atoms with Crippen LogP contribution in [0.1, 0.15) is 51.5 Å². The highest BCUT2D eigenvalue weighted by atomic mass is 16.5. The van der Waals surface area contributed by atoms with Crippen molar-refractivity contribution in [2.45, 2.75) is 25.3 Å². The predicted octanol–water partition coefficient (Wildman–Crippen LogP) is 5.25. The first kappa shape index (κ1) is 17.8. The number of rotatable bonds is 4. The number of fused-ring (bicyclic) bond motifs is 5. The van der Waals surface area contributed by atoms with Crippen LogP contribution in [0.2, 0.25) is 0 Å². The summed E-state index contributed by atoms with van der Waals surface area (Å²) in [4.78, 5) is 11.6. The summed E-state index contributed by atoms with van der Waals surface area (Å²) in [5, 5.41) is 13.2. The molecule has 2 N–H and O–H groups in total. The van der Waals surface area contributed by atoms with Gasteiger partial charge in [0.05, 0.1) is 18.2 Å². The van der Waals surface area contributed by atoms with Crippen LogP contribution in [0.25, 0.3) is 0 Å². The van der Waals surface area contributed by atoms with Gasteiger partial charge in [0.1, 0.15) is 5.75 Å². The second kappa shape index (κ2) is 6.96. The second-order valence-corrected chi connectivity index (χ2v) is 7.78. The Labute approximate surface area is 170 Å². The minimum Gasteiger partial charge on any atom is -0.494 e. The maximum Gasteiger partial charge on any atom is 0.335 e. The van der Waals surface area contributed by atoms with Crippen LogP contribution in [0.5, 0.6) is 5.75 Å². The Morgan fingerprint density at radius 3 is 2.62 bits per heavy atom. The van der Waals surface area contributed by atoms with E-state index in [-0.39, 0.29) is 12.0 Å². The van der Waals surface area contributed by atoms with Crippen molar-refractivity contribution in [2.24, 2.45) is 5.92 Å². The minimum atomic E-state index is -0.885. The third-order valence-corrected chi connectivity index (χ3v) is 6.20. The highest BCUT2D eigenvalue weighted by Gasteiger charge is 2.43. The minimum absolute atomic E-state index is 0.159. The number of hydrogen-bond donors (Lipinski definition) is 2. The Kier molecular flexibility index (Phi) is 4.27. The van der Waals surface area contributed by atoms with Crippen molar-refractivity contribution in [3.05, 3.63) is 94.5 Å². The number of aromatic carboxylic acids is 1. The first-order valence-electron chi connectivity index (χ1n) is 10.1. The highest BCUT2D eigenvalue weighted by molar-refractivity contribution is 5.89. The Morgan fingerprint density at radius 2 is 1.86 bits per heavy atom. The first-order chi connectivity index (χ1) is 14.2. The van der Waals surface area contributed by atoms with Crippen LogP contribution in [0, 0.1) is 5.92 Å². The lowest BCUT2D eigenvalue weighted by atomic mass is 9.75. The van der Waals surface area contributed by atoms with E-state index in [9.17, 15) is 9.90 Å². The Morgan fingerprint density at radius 1 is 1.07 bits per heavy atom. The van der Waals surface area contributed by atoms with Crippen LogP contribution in [0.3, 0.4) is 0 Å². The molecule has 0 radical (unpaired) electrons. The highest BCUT2D eigenvalue weighted by Crippen LogP contribution is 2.53. The Bertz CT molecular complexity index is 1070. The Hall–Kier alpha value is -3.27. The van der Waals surface area contributed by atoms with Crippen LogP contribution >= 0.6 is 0 Å². The number of anilines is 1. The number of ether oxygens (including phenoxy) is 1. The summed E-state index contributed by atoms with van der Waals surface area (Å²) in [6.45, 7) is 2.64. The summed E-state index contributed by atoms with van der Waals surface area (Å²) in [7, 11) is 0. The zero-order chi connectivity index (χ0) is 20.0. The summed E-state index contributed by atoms with van der Waals surface area (Å²) >= 11 is 0. The number of benzene rings is 3. The maximum absolute atomic E-state index is 11.6. The zero-order valence-electron chi connectivity index (χ0n) is 16.3. The third kappa shape index (κ3) is 2.96. The molecule has 4 heteroatoms. The van der Waals surface area contributed by atoms with Gasteiger partial charge in [0.15, 0.2) is 0 Å². The van der Waals surface area contributed by atoms with Gasteiger partial charge in [0, 0.05) is 11.6 Å². The van der Waals surface area contributed by atoms with Crippen LogP contribution in [-0.4, -0.2) is 17.7 Å². The standard InChI is InChI=1S/C25H23NO3/c1-2-29-18-10-7-15(8-11-18)24-21-13-16-5-3-4-6-19(16)23(21)20-14-17(25(27)28)9-12-22(20)26-24/h3-12,14,21,23-24,26H,2,13H2,1H3,(H,27,28)/t21-,23-,24-/m0/s1. The second-order valence-electron chi connectivity index (χ2n) is 7.78. The molecular weight excluding hydrogens is 362 g/mol. The van der Waals surface area contributed by atoms with Crippen molar-refractivity contribution in [3.8, 4) is 5.75 Å². The number of hydrogen-bond acceptors (Lipinski definition) is 3. The van der Waals surface area contributed by atoms with Gasteiger partial charge in [-0.25, -0.2) is 4.79 Å². The smallest absolute Gasteiger partial charge is 0.335 e. The van der Waals surface area contributed by atoms with Gasteiger partial charge in [0.25, 0.3) is 0 Å². The third-order valence-electron chi connectivity index (χ3n) is 6.20. The molecule has 0 unspecified atom stereocenters. The van der Waals surface area contributed by atoms with Gasteiger partial charge in [0.2, 0.25) is 0 Å². The average molecular weight is 385 g/mol. The zero-order valence-corrected chi connectivity index (χ0v) is 16.3. The van der Waals surface area contributed by atoms with E-state index in [2.05, 4.69) is 41.7 Å². The summed E-state index contributed by atoms with van der Waals surface area (Å²) in [5.74, 6) is 0.522. The van der Waals surface area contributed by atoms with Crippen molar-refractivity contribution in [2.75, 3.05) is 11.9 Å². The van der Waals surface area contributed by atoms with Gasteiger partial charge in [-0.2, -0.15) is 0 Å². The van der Waals surface area contributed by atoms with E-state index in [1.807, 2.05) is 31.2 Å². The topological polar surface area (TPSA) is 58.6 Å². The van der Waals surface area contributed by atoms with Gasteiger partial charge < -0.3 is 15.2 Å². The molecule has 29 heavy (non-hydrogen) atoms. The van der Waals surface area contributed by atoms with Gasteiger partial charge in [-0.15, -0.1) is 0 Å². The molecule has 1 heterocycles. The van der Waals surface area contributed by atoms with Crippen molar-refractivity contribution in [1.82, 2.24) is 0 Å². The molecule has 0 saturated heterocycles. The van der Waals surface area contributed by atoms with Crippen LogP contribution in [-0.2, 0) is 6.42 Å². The van der Waals surface area contributed by atoms with Gasteiger partial charge in [-0.1, -0.05) is 36.4 Å². The number of carboxylic acid groups (broad SMARTS) is 1. The molecule has 1 aliphatic carbocycles. The summed E-state index contributed by atoms with van der Waals surface area (Å²) in [6, 6.07) is 22.5. The molecule has 5 rings (SSSR count). The molecule has 3 atom stereocenters. The first-order valence-corrected chi connectivity index (χ1v) is 10.1. The summed E-state index contributed by atoms with van der Waals surface area (Å²) in [5.41, 5.74) is 6.35. The molecule has 0 bridgehead atoms. The van der Waals surface area contributed by atoms with Crippen molar-refractivity contribution < 1.29 is 14.6 Å². The van der Waals surface area contributed by atoms with Crippen LogP contribution in [0.15, 0.2) is 66.7 Å². The lowest BCUT2D eigenvalue weighted by Gasteiger charge is -2.38. The molecule has 3 aromatic rings. The number of carbonyl (C=O) groups is 1. The molecule has 0 aromatic heterocycles. The molecule has 0 spiro atoms. The van der Waals surface area contributed by atoms with E-state index in [1.54, 1.807) is 6.07 Å². The van der Waals surface area contributed by atoms with Crippen LogP contribution in [0.4, 0.5) is 5.69 Å². The van der Waals surface area contributed by atoms with E-state index in [1.165, 1.54) is 16.7 Å². The van der Waals surface area contributed by atoms with Crippen molar-refractivity contribution in [3.63, 3.8) is 0 Å². The van der Waals surface area contributed by atoms with Crippen molar-refractivity contribution >= 4 is 11.7 Å². The molecule has 0 amide bonds. The summed E-state index contributed by atoms with van der Waals surface area (Å²) in [6.07, 6.45) is 0.975. The van der Waals surface area contributed by atoms with E-state index in [0.717, 1.165) is 23.4 Å². The fourth-order valence-corrected chi connectivity index (χ4v) is 4.96. The molecule has 3 aromatic carbocycles. The normalized spacial score (nSPS) is 21.5. The molecule has 146 valence electrons. The molecular formula is C25H23NO3. The molecule has 4 nitrogen and oxygen atoms in total. The van der Waals surface area contributed by atoms with E-state index < -0.39 is 5.97 Å². The number of nitrogens with one attached hydrogen (secondary N) is 1. The molecule has 0 fully saturated rings. The Balaban J connectivity index is 1.61. The van der Waals surface area contributed by atoms with Gasteiger partial charge in [-0.3, -0.25) is 0 Å². The molecule has 1 aliphatic heterocycles. The maximum atomic E-state index is 11.6. The van der Waals surface area contributed by atoms with E-state index >= 15 is 0 Å². The largest absolute Gasteiger partial charge is 0.494 e.